The summed E-state index contributed by atoms with van der Waals surface area (Å²) in [5, 5.41) is 2.89. The molecule has 0 spiro atoms. The van der Waals surface area contributed by atoms with Crippen molar-refractivity contribution in [1.29, 1.82) is 0 Å². The first-order valence-corrected chi connectivity index (χ1v) is 9.00. The highest BCUT2D eigenvalue weighted by atomic mass is 16.2. The Balaban J connectivity index is 1.61. The van der Waals surface area contributed by atoms with E-state index in [1.807, 2.05) is 9.80 Å². The number of nitrogens with zero attached hydrogens (tertiary/aromatic N) is 2. The van der Waals surface area contributed by atoms with Gasteiger partial charge < -0.3 is 15.1 Å². The van der Waals surface area contributed by atoms with E-state index in [2.05, 4.69) is 5.32 Å². The number of likely N-dealkylation sites (tertiary alicyclic amines) is 2. The molecule has 3 rings (SSSR count). The van der Waals surface area contributed by atoms with Gasteiger partial charge in [0.1, 0.15) is 0 Å². The van der Waals surface area contributed by atoms with Crippen molar-refractivity contribution in [3.8, 4) is 0 Å². The number of amides is 3. The average molecular weight is 343 g/mol. The molecule has 3 amide bonds. The summed E-state index contributed by atoms with van der Waals surface area (Å²) in [6, 6.07) is 7.02. The smallest absolute Gasteiger partial charge is 0.320 e. The third kappa shape index (κ3) is 4.18. The van der Waals surface area contributed by atoms with Crippen molar-refractivity contribution in [3.63, 3.8) is 0 Å². The summed E-state index contributed by atoms with van der Waals surface area (Å²) in [5.41, 5.74) is 1.20. The molecule has 1 N–H and O–H groups in total. The van der Waals surface area contributed by atoms with E-state index < -0.39 is 0 Å². The van der Waals surface area contributed by atoms with Gasteiger partial charge in [-0.2, -0.15) is 0 Å². The van der Waals surface area contributed by atoms with E-state index >= 15 is 0 Å². The molecule has 6 heteroatoms. The Kier molecular flexibility index (Phi) is 5.36. The molecule has 0 saturated carbocycles. The highest BCUT2D eigenvalue weighted by Gasteiger charge is 2.31. The molecule has 0 aromatic heterocycles. The zero-order valence-electron chi connectivity index (χ0n) is 14.7. The van der Waals surface area contributed by atoms with Crippen molar-refractivity contribution >= 4 is 23.4 Å². The van der Waals surface area contributed by atoms with Gasteiger partial charge in [0.15, 0.2) is 5.78 Å². The zero-order valence-corrected chi connectivity index (χ0v) is 14.7. The monoisotopic (exact) mass is 343 g/mol. The fourth-order valence-corrected chi connectivity index (χ4v) is 3.53. The summed E-state index contributed by atoms with van der Waals surface area (Å²) in [4.78, 5) is 40.3. The lowest BCUT2D eigenvalue weighted by molar-refractivity contribution is -0.121. The summed E-state index contributed by atoms with van der Waals surface area (Å²) in [7, 11) is 0. The van der Waals surface area contributed by atoms with Gasteiger partial charge in [-0.3, -0.25) is 9.59 Å². The first kappa shape index (κ1) is 17.5. The van der Waals surface area contributed by atoms with Gasteiger partial charge in [0.05, 0.1) is 5.92 Å². The highest BCUT2D eigenvalue weighted by molar-refractivity contribution is 5.97. The van der Waals surface area contributed by atoms with E-state index in [4.69, 9.17) is 0 Å². The Labute approximate surface area is 148 Å². The van der Waals surface area contributed by atoms with Gasteiger partial charge in [0.25, 0.3) is 0 Å². The first-order chi connectivity index (χ1) is 12.0. The van der Waals surface area contributed by atoms with Crippen LogP contribution in [0.1, 0.15) is 43.0 Å². The van der Waals surface area contributed by atoms with Crippen LogP contribution in [0.2, 0.25) is 0 Å². The molecule has 2 fully saturated rings. The number of rotatable bonds is 3. The second-order valence-corrected chi connectivity index (χ2v) is 6.89. The van der Waals surface area contributed by atoms with Crippen LogP contribution in [0.4, 0.5) is 10.5 Å². The van der Waals surface area contributed by atoms with Crippen LogP contribution in [0.5, 0.6) is 0 Å². The molecule has 1 aromatic rings. The number of anilines is 1. The summed E-state index contributed by atoms with van der Waals surface area (Å²) >= 11 is 0. The number of carbonyl (C=O) groups excluding carboxylic acids is 3. The van der Waals surface area contributed by atoms with Crippen molar-refractivity contribution in [2.24, 2.45) is 5.92 Å². The first-order valence-electron chi connectivity index (χ1n) is 9.00. The summed E-state index contributed by atoms with van der Waals surface area (Å²) in [6.45, 7) is 4.34. The van der Waals surface area contributed by atoms with E-state index in [-0.39, 0.29) is 23.6 Å². The van der Waals surface area contributed by atoms with Crippen LogP contribution in [0.3, 0.4) is 0 Å². The maximum atomic E-state index is 12.6. The molecule has 2 saturated heterocycles. The Bertz CT molecular complexity index is 668. The molecular weight excluding hydrogens is 318 g/mol. The molecular formula is C19H25N3O3. The minimum absolute atomic E-state index is 0.0313. The van der Waals surface area contributed by atoms with E-state index in [0.29, 0.717) is 17.8 Å². The number of carbonyl (C=O) groups is 3. The number of hydrogen-bond donors (Lipinski definition) is 1. The van der Waals surface area contributed by atoms with Crippen LogP contribution < -0.4 is 5.32 Å². The quantitative estimate of drug-likeness (QED) is 0.858. The highest BCUT2D eigenvalue weighted by Crippen LogP contribution is 2.21. The van der Waals surface area contributed by atoms with Gasteiger partial charge in [-0.25, -0.2) is 4.79 Å². The zero-order chi connectivity index (χ0) is 17.8. The van der Waals surface area contributed by atoms with Gasteiger partial charge in [-0.15, -0.1) is 0 Å². The summed E-state index contributed by atoms with van der Waals surface area (Å²) < 4.78 is 0. The van der Waals surface area contributed by atoms with Gasteiger partial charge in [-0.05, 0) is 44.7 Å². The Morgan fingerprint density at radius 1 is 1.04 bits per heavy atom. The lowest BCUT2D eigenvalue weighted by atomic mass is 9.97. The van der Waals surface area contributed by atoms with Crippen LogP contribution in [0.15, 0.2) is 24.3 Å². The van der Waals surface area contributed by atoms with Gasteiger partial charge in [0, 0.05) is 37.4 Å². The number of nitrogens with one attached hydrogen (secondary N) is 1. The molecule has 0 aliphatic carbocycles. The minimum Gasteiger partial charge on any atom is -0.326 e. The lowest BCUT2D eigenvalue weighted by Crippen LogP contribution is -2.48. The van der Waals surface area contributed by atoms with Gasteiger partial charge in [-0.1, -0.05) is 12.1 Å². The van der Waals surface area contributed by atoms with Gasteiger partial charge in [0.2, 0.25) is 5.91 Å². The number of ketones is 1. The van der Waals surface area contributed by atoms with Crippen LogP contribution in [-0.2, 0) is 4.79 Å². The van der Waals surface area contributed by atoms with Crippen molar-refractivity contribution in [3.05, 3.63) is 29.8 Å². The minimum atomic E-state index is -0.207. The van der Waals surface area contributed by atoms with Crippen molar-refractivity contribution in [2.75, 3.05) is 31.5 Å². The topological polar surface area (TPSA) is 69.7 Å². The van der Waals surface area contributed by atoms with Crippen LogP contribution in [0, 0.1) is 5.92 Å². The number of Topliss-reactive ketones (excluding diaryl/α,β-unsaturated/α-hetero) is 1. The number of piperidine rings is 1. The van der Waals surface area contributed by atoms with Crippen molar-refractivity contribution in [2.45, 2.75) is 32.6 Å². The maximum Gasteiger partial charge on any atom is 0.320 e. The predicted octanol–water partition coefficient (Wildman–Crippen LogP) is 2.76. The SMILES string of the molecule is CC(=O)c1cccc(NC(=O)[C@H]2CCCN(C(=O)N3CCCC3)C2)c1. The van der Waals surface area contributed by atoms with Crippen LogP contribution >= 0.6 is 0 Å². The Hall–Kier alpha value is -2.37. The largest absolute Gasteiger partial charge is 0.326 e. The van der Waals surface area contributed by atoms with Crippen LogP contribution in [-0.4, -0.2) is 53.7 Å². The molecule has 0 radical (unpaired) electrons. The molecule has 2 heterocycles. The fraction of sp³-hybridized carbons (Fsp3) is 0.526. The van der Waals surface area contributed by atoms with E-state index in [1.54, 1.807) is 24.3 Å². The van der Waals surface area contributed by atoms with Gasteiger partial charge >= 0.3 is 6.03 Å². The standard InChI is InChI=1S/C19H25N3O3/c1-14(23)15-6-4-8-17(12-15)20-18(24)16-7-5-11-22(13-16)19(25)21-9-2-3-10-21/h4,6,8,12,16H,2-3,5,7,9-11,13H2,1H3,(H,20,24)/t16-/m0/s1. The van der Waals surface area contributed by atoms with Crippen LogP contribution in [0.25, 0.3) is 0 Å². The van der Waals surface area contributed by atoms with E-state index in [0.717, 1.165) is 45.3 Å². The predicted molar refractivity (Wildman–Crippen MR) is 95.6 cm³/mol. The van der Waals surface area contributed by atoms with E-state index in [1.165, 1.54) is 6.92 Å². The number of urea groups is 1. The lowest BCUT2D eigenvalue weighted by Gasteiger charge is -2.34. The maximum absolute atomic E-state index is 12.6. The molecule has 1 aromatic carbocycles. The molecule has 6 nitrogen and oxygen atoms in total. The van der Waals surface area contributed by atoms with E-state index in [9.17, 15) is 14.4 Å². The molecule has 0 bridgehead atoms. The molecule has 1 atom stereocenters. The summed E-state index contributed by atoms with van der Waals surface area (Å²) in [6.07, 6.45) is 3.75. The second kappa shape index (κ2) is 7.68. The summed E-state index contributed by atoms with van der Waals surface area (Å²) in [5.74, 6) is -0.322. The van der Waals surface area contributed by atoms with Crippen molar-refractivity contribution in [1.82, 2.24) is 9.80 Å². The number of hydrogen-bond acceptors (Lipinski definition) is 3. The average Bonchev–Trinajstić information content (AvgIpc) is 3.16. The third-order valence-electron chi connectivity index (χ3n) is 4.98. The second-order valence-electron chi connectivity index (χ2n) is 6.89. The number of benzene rings is 1. The normalized spacial score (nSPS) is 20.4. The molecule has 25 heavy (non-hydrogen) atoms. The third-order valence-corrected chi connectivity index (χ3v) is 4.98. The Morgan fingerprint density at radius 3 is 2.48 bits per heavy atom. The Morgan fingerprint density at radius 2 is 1.76 bits per heavy atom. The van der Waals surface area contributed by atoms with Crippen molar-refractivity contribution < 1.29 is 14.4 Å². The molecule has 2 aliphatic heterocycles. The fourth-order valence-electron chi connectivity index (χ4n) is 3.53. The molecule has 0 unspecified atom stereocenters. The molecule has 134 valence electrons. The molecule has 2 aliphatic rings.